The van der Waals surface area contributed by atoms with Crippen LogP contribution in [0.25, 0.3) is 0 Å². The Bertz CT molecular complexity index is 616. The number of carbonyl (C=O) groups excluding carboxylic acids is 1. The first-order valence-corrected chi connectivity index (χ1v) is 9.13. The van der Waals surface area contributed by atoms with Gasteiger partial charge >= 0.3 is 0 Å². The molecule has 1 aromatic rings. The molecular weight excluding hydrogens is 298 g/mol. The number of nitrogens with one attached hydrogen (secondary N) is 2. The zero-order valence-corrected chi connectivity index (χ0v) is 13.4. The van der Waals surface area contributed by atoms with Crippen LogP contribution in [0.4, 0.5) is 5.00 Å². The van der Waals surface area contributed by atoms with E-state index in [9.17, 15) is 13.2 Å². The number of hydrogen-bond acceptors (Lipinski definition) is 6. The molecular formula is C12H19N3O3S2. The van der Waals surface area contributed by atoms with Gasteiger partial charge in [0.1, 0.15) is 5.00 Å². The summed E-state index contributed by atoms with van der Waals surface area (Å²) in [5.41, 5.74) is 0.721. The van der Waals surface area contributed by atoms with Crippen molar-refractivity contribution in [3.8, 4) is 0 Å². The lowest BCUT2D eigenvalue weighted by atomic mass is 9.96. The van der Waals surface area contributed by atoms with Gasteiger partial charge in [0, 0.05) is 6.26 Å². The molecule has 112 valence electrons. The van der Waals surface area contributed by atoms with Crippen LogP contribution in [0.3, 0.4) is 0 Å². The average Bonchev–Trinajstić information content (AvgIpc) is 2.67. The van der Waals surface area contributed by atoms with E-state index >= 15 is 0 Å². The van der Waals surface area contributed by atoms with Crippen LogP contribution in [0, 0.1) is 13.8 Å². The van der Waals surface area contributed by atoms with E-state index in [4.69, 9.17) is 0 Å². The van der Waals surface area contributed by atoms with E-state index in [1.807, 2.05) is 6.92 Å². The van der Waals surface area contributed by atoms with Gasteiger partial charge in [0.25, 0.3) is 0 Å². The molecule has 6 nitrogen and oxygen atoms in total. The van der Waals surface area contributed by atoms with Gasteiger partial charge in [-0.05, 0) is 39.8 Å². The molecule has 2 heterocycles. The summed E-state index contributed by atoms with van der Waals surface area (Å²) in [7, 11) is -3.48. The smallest absolute Gasteiger partial charge is 0.246 e. The highest BCUT2D eigenvalue weighted by Crippen LogP contribution is 2.31. The number of aromatic nitrogens is 1. The summed E-state index contributed by atoms with van der Waals surface area (Å²) in [5.74, 6) is -0.437. The van der Waals surface area contributed by atoms with Crippen molar-refractivity contribution in [1.29, 1.82) is 0 Å². The lowest BCUT2D eigenvalue weighted by Gasteiger charge is -2.34. The van der Waals surface area contributed by atoms with Crippen LogP contribution in [-0.4, -0.2) is 43.4 Å². The summed E-state index contributed by atoms with van der Waals surface area (Å²) in [6, 6.07) is 0. The number of carbonyl (C=O) groups is 1. The predicted octanol–water partition coefficient (Wildman–Crippen LogP) is 0.865. The summed E-state index contributed by atoms with van der Waals surface area (Å²) in [4.78, 5) is 16.8. The third-order valence-electron chi connectivity index (χ3n) is 3.67. The maximum absolute atomic E-state index is 12.6. The van der Waals surface area contributed by atoms with Crippen molar-refractivity contribution < 1.29 is 13.2 Å². The molecule has 2 rings (SSSR count). The van der Waals surface area contributed by atoms with Gasteiger partial charge in [-0.1, -0.05) is 0 Å². The van der Waals surface area contributed by atoms with E-state index < -0.39 is 20.5 Å². The lowest BCUT2D eigenvalue weighted by molar-refractivity contribution is -0.119. The zero-order chi connectivity index (χ0) is 15.0. The molecule has 1 aliphatic heterocycles. The van der Waals surface area contributed by atoms with Gasteiger partial charge in [0.15, 0.2) is 14.6 Å². The second-order valence-electron chi connectivity index (χ2n) is 5.12. The highest BCUT2D eigenvalue weighted by atomic mass is 32.2. The topological polar surface area (TPSA) is 88.2 Å². The van der Waals surface area contributed by atoms with Gasteiger partial charge in [-0.2, -0.15) is 0 Å². The summed E-state index contributed by atoms with van der Waals surface area (Å²) < 4.78 is 22.9. The highest BCUT2D eigenvalue weighted by Gasteiger charge is 2.48. The first-order valence-electron chi connectivity index (χ1n) is 6.42. The van der Waals surface area contributed by atoms with Gasteiger partial charge in [-0.25, -0.2) is 13.4 Å². The zero-order valence-electron chi connectivity index (χ0n) is 11.8. The number of anilines is 1. The Morgan fingerprint density at radius 3 is 2.40 bits per heavy atom. The minimum atomic E-state index is -3.48. The van der Waals surface area contributed by atoms with Crippen LogP contribution in [0.1, 0.15) is 23.5 Å². The molecule has 0 unspecified atom stereocenters. The van der Waals surface area contributed by atoms with Crippen LogP contribution >= 0.6 is 11.3 Å². The monoisotopic (exact) mass is 317 g/mol. The molecule has 1 fully saturated rings. The summed E-state index contributed by atoms with van der Waals surface area (Å²) >= 11 is 1.36. The fourth-order valence-electron chi connectivity index (χ4n) is 2.46. The van der Waals surface area contributed by atoms with E-state index in [1.54, 1.807) is 6.92 Å². The molecule has 1 aliphatic rings. The van der Waals surface area contributed by atoms with E-state index in [0.717, 1.165) is 17.0 Å². The van der Waals surface area contributed by atoms with Crippen molar-refractivity contribution in [3.63, 3.8) is 0 Å². The van der Waals surface area contributed by atoms with E-state index in [2.05, 4.69) is 15.6 Å². The average molecular weight is 317 g/mol. The first-order chi connectivity index (χ1) is 9.26. The van der Waals surface area contributed by atoms with Crippen molar-refractivity contribution >= 4 is 32.1 Å². The SMILES string of the molecule is Cc1nc(C)c(NC(=O)C2(S(C)(=O)=O)CCNCC2)s1. The minimum Gasteiger partial charge on any atom is -0.317 e. The Morgan fingerprint density at radius 1 is 1.35 bits per heavy atom. The normalized spacial score (nSPS) is 18.8. The fourth-order valence-corrected chi connectivity index (χ4v) is 4.61. The molecule has 1 aromatic heterocycles. The highest BCUT2D eigenvalue weighted by molar-refractivity contribution is 7.92. The van der Waals surface area contributed by atoms with E-state index in [1.165, 1.54) is 11.3 Å². The number of rotatable bonds is 3. The van der Waals surface area contributed by atoms with Crippen molar-refractivity contribution in [2.45, 2.75) is 31.4 Å². The second kappa shape index (κ2) is 5.42. The summed E-state index contributed by atoms with van der Waals surface area (Å²) in [6.07, 6.45) is 1.74. The molecule has 0 spiro atoms. The quantitative estimate of drug-likeness (QED) is 0.863. The molecule has 0 aromatic carbocycles. The van der Waals surface area contributed by atoms with Crippen molar-refractivity contribution in [2.24, 2.45) is 0 Å². The fraction of sp³-hybridized carbons (Fsp3) is 0.667. The molecule has 0 atom stereocenters. The lowest BCUT2D eigenvalue weighted by Crippen LogP contribution is -2.55. The van der Waals surface area contributed by atoms with Crippen molar-refractivity contribution in [1.82, 2.24) is 10.3 Å². The Hall–Kier alpha value is -0.990. The van der Waals surface area contributed by atoms with E-state index in [-0.39, 0.29) is 0 Å². The van der Waals surface area contributed by atoms with Gasteiger partial charge in [-0.15, -0.1) is 11.3 Å². The second-order valence-corrected chi connectivity index (χ2v) is 8.65. The Kier molecular flexibility index (Phi) is 4.17. The summed E-state index contributed by atoms with van der Waals surface area (Å²) in [6.45, 7) is 4.71. The summed E-state index contributed by atoms with van der Waals surface area (Å²) in [5, 5.41) is 7.33. The third kappa shape index (κ3) is 2.72. The van der Waals surface area contributed by atoms with Gasteiger partial charge < -0.3 is 10.6 Å². The predicted molar refractivity (Wildman–Crippen MR) is 79.9 cm³/mol. The largest absolute Gasteiger partial charge is 0.317 e. The third-order valence-corrected chi connectivity index (χ3v) is 6.67. The maximum atomic E-state index is 12.6. The number of aryl methyl sites for hydroxylation is 2. The Morgan fingerprint density at radius 2 is 1.95 bits per heavy atom. The van der Waals surface area contributed by atoms with Crippen LogP contribution in [0.2, 0.25) is 0 Å². The van der Waals surface area contributed by atoms with Crippen molar-refractivity contribution in [3.05, 3.63) is 10.7 Å². The number of amides is 1. The molecule has 8 heteroatoms. The number of sulfone groups is 1. The van der Waals surface area contributed by atoms with Crippen LogP contribution in [0.15, 0.2) is 0 Å². The van der Waals surface area contributed by atoms with Crippen LogP contribution in [-0.2, 0) is 14.6 Å². The minimum absolute atomic E-state index is 0.300. The standard InChI is InChI=1S/C12H19N3O3S2/c1-8-10(19-9(2)14-8)15-11(16)12(20(3,17)18)4-6-13-7-5-12/h13H,4-7H2,1-3H3,(H,15,16). The molecule has 2 N–H and O–H groups in total. The van der Waals surface area contributed by atoms with Crippen LogP contribution in [0.5, 0.6) is 0 Å². The van der Waals surface area contributed by atoms with Crippen LogP contribution < -0.4 is 10.6 Å². The van der Waals surface area contributed by atoms with Crippen molar-refractivity contribution in [2.75, 3.05) is 24.7 Å². The number of hydrogen-bond donors (Lipinski definition) is 2. The van der Waals surface area contributed by atoms with Gasteiger partial charge in [-0.3, -0.25) is 4.79 Å². The molecule has 0 bridgehead atoms. The number of thiazole rings is 1. The molecule has 1 amide bonds. The molecule has 0 saturated carbocycles. The molecule has 20 heavy (non-hydrogen) atoms. The maximum Gasteiger partial charge on any atom is 0.246 e. The van der Waals surface area contributed by atoms with Gasteiger partial charge in [0.2, 0.25) is 5.91 Å². The molecule has 0 radical (unpaired) electrons. The number of nitrogens with zero attached hydrogens (tertiary/aromatic N) is 1. The molecule has 1 saturated heterocycles. The number of piperidine rings is 1. The first kappa shape index (κ1) is 15.4. The van der Waals surface area contributed by atoms with Gasteiger partial charge in [0.05, 0.1) is 10.7 Å². The molecule has 0 aliphatic carbocycles. The Labute approximate surface area is 122 Å². The Balaban J connectivity index is 2.31. The van der Waals surface area contributed by atoms with E-state index in [0.29, 0.717) is 30.9 Å².